The van der Waals surface area contributed by atoms with E-state index in [-0.39, 0.29) is 16.8 Å². The molecule has 29 heavy (non-hydrogen) atoms. The fourth-order valence-corrected chi connectivity index (χ4v) is 6.73. The van der Waals surface area contributed by atoms with Crippen LogP contribution in [0.1, 0.15) is 35.9 Å². The van der Waals surface area contributed by atoms with Crippen molar-refractivity contribution in [3.05, 3.63) is 58.4 Å². The van der Waals surface area contributed by atoms with Crippen LogP contribution in [0.3, 0.4) is 0 Å². The molecule has 5 nitrogen and oxygen atoms in total. The van der Waals surface area contributed by atoms with Gasteiger partial charge in [-0.3, -0.25) is 4.79 Å². The zero-order chi connectivity index (χ0) is 20.6. The van der Waals surface area contributed by atoms with Crippen molar-refractivity contribution in [1.29, 1.82) is 0 Å². The third-order valence-electron chi connectivity index (χ3n) is 5.20. The minimum atomic E-state index is -3.53. The van der Waals surface area contributed by atoms with Crippen LogP contribution in [-0.4, -0.2) is 31.2 Å². The molecule has 1 aliphatic rings. The number of nitrogens with zero attached hydrogens (tertiary/aromatic N) is 1. The van der Waals surface area contributed by atoms with Crippen molar-refractivity contribution in [3.8, 4) is 0 Å². The van der Waals surface area contributed by atoms with E-state index in [0.717, 1.165) is 29.3 Å². The maximum atomic E-state index is 12.9. The smallest absolute Gasteiger partial charge is 0.267 e. The number of carbonyl (C=O) groups excluding carboxylic acids is 1. The number of amides is 1. The maximum absolute atomic E-state index is 12.9. The Balaban J connectivity index is 1.53. The molecular formula is C21H21ClN2O3S2. The summed E-state index contributed by atoms with van der Waals surface area (Å²) >= 11 is 7.70. The van der Waals surface area contributed by atoms with E-state index < -0.39 is 10.0 Å². The lowest BCUT2D eigenvalue weighted by Crippen LogP contribution is -2.41. The minimum Gasteiger partial charge on any atom is -0.321 e. The standard InChI is InChI=1S/C21H21ClN2O3S2/c1-14-6-4-5-13-24(14)29(26,27)16-11-9-15(10-12-16)23-21(25)20-19(22)17-7-2-3-8-18(17)28-20/h2-3,7-12,14H,4-6,13H2,1H3,(H,23,25)/t14-/m0/s1. The van der Waals surface area contributed by atoms with E-state index in [2.05, 4.69) is 5.32 Å². The largest absolute Gasteiger partial charge is 0.321 e. The SMILES string of the molecule is C[C@H]1CCCCN1S(=O)(=O)c1ccc(NC(=O)c2sc3ccccc3c2Cl)cc1. The zero-order valence-electron chi connectivity index (χ0n) is 15.9. The lowest BCUT2D eigenvalue weighted by molar-refractivity contribution is 0.103. The number of rotatable bonds is 4. The number of piperidine rings is 1. The van der Waals surface area contributed by atoms with E-state index in [9.17, 15) is 13.2 Å². The van der Waals surface area contributed by atoms with Gasteiger partial charge in [-0.2, -0.15) is 4.31 Å². The van der Waals surface area contributed by atoms with E-state index >= 15 is 0 Å². The summed E-state index contributed by atoms with van der Waals surface area (Å²) < 4.78 is 28.4. The van der Waals surface area contributed by atoms with E-state index in [1.54, 1.807) is 28.6 Å². The Bertz CT molecular complexity index is 1160. The van der Waals surface area contributed by atoms with Gasteiger partial charge >= 0.3 is 0 Å². The van der Waals surface area contributed by atoms with Crippen molar-refractivity contribution >= 4 is 54.6 Å². The molecule has 3 aromatic rings. The summed E-state index contributed by atoms with van der Waals surface area (Å²) in [7, 11) is -3.53. The molecule has 2 aromatic carbocycles. The van der Waals surface area contributed by atoms with Crippen molar-refractivity contribution in [2.75, 3.05) is 11.9 Å². The molecule has 1 fully saturated rings. The van der Waals surface area contributed by atoms with Crippen LogP contribution in [0.2, 0.25) is 5.02 Å². The Kier molecular flexibility index (Phi) is 5.66. The van der Waals surface area contributed by atoms with Gasteiger partial charge in [0.15, 0.2) is 0 Å². The third-order valence-corrected chi connectivity index (χ3v) is 8.90. The molecule has 1 N–H and O–H groups in total. The fraction of sp³-hybridized carbons (Fsp3) is 0.286. The third kappa shape index (κ3) is 3.92. The summed E-state index contributed by atoms with van der Waals surface area (Å²) in [5, 5.41) is 4.09. The maximum Gasteiger partial charge on any atom is 0.267 e. The van der Waals surface area contributed by atoms with Gasteiger partial charge in [0.05, 0.1) is 9.92 Å². The second kappa shape index (κ2) is 8.07. The van der Waals surface area contributed by atoms with Crippen LogP contribution in [0, 0.1) is 0 Å². The molecule has 2 heterocycles. The molecule has 1 aliphatic heterocycles. The highest BCUT2D eigenvalue weighted by Crippen LogP contribution is 2.35. The van der Waals surface area contributed by atoms with Crippen molar-refractivity contribution < 1.29 is 13.2 Å². The zero-order valence-corrected chi connectivity index (χ0v) is 18.3. The first-order valence-corrected chi connectivity index (χ1v) is 12.1. The van der Waals surface area contributed by atoms with Crippen LogP contribution < -0.4 is 5.32 Å². The summed E-state index contributed by atoms with van der Waals surface area (Å²) in [5.74, 6) is -0.309. The Hall–Kier alpha value is -1.93. The molecule has 1 amide bonds. The molecule has 0 aliphatic carbocycles. The molecular weight excluding hydrogens is 428 g/mol. The van der Waals surface area contributed by atoms with Gasteiger partial charge in [0.2, 0.25) is 10.0 Å². The summed E-state index contributed by atoms with van der Waals surface area (Å²) in [4.78, 5) is 13.3. The number of nitrogens with one attached hydrogen (secondary N) is 1. The van der Waals surface area contributed by atoms with E-state index in [0.29, 0.717) is 22.1 Å². The normalized spacial score (nSPS) is 18.1. The Morgan fingerprint density at radius 1 is 1.14 bits per heavy atom. The molecule has 4 rings (SSSR count). The second-order valence-corrected chi connectivity index (χ2v) is 10.5. The fourth-order valence-electron chi connectivity index (χ4n) is 3.62. The number of hydrogen-bond acceptors (Lipinski definition) is 4. The van der Waals surface area contributed by atoms with Crippen molar-refractivity contribution in [2.24, 2.45) is 0 Å². The number of anilines is 1. The predicted octanol–water partition coefficient (Wildman–Crippen LogP) is 5.37. The van der Waals surface area contributed by atoms with E-state index in [1.165, 1.54) is 11.3 Å². The minimum absolute atomic E-state index is 0.00299. The van der Waals surface area contributed by atoms with Crippen molar-refractivity contribution in [2.45, 2.75) is 37.1 Å². The van der Waals surface area contributed by atoms with Crippen LogP contribution in [-0.2, 0) is 10.0 Å². The number of hydrogen-bond donors (Lipinski definition) is 1. The molecule has 1 aromatic heterocycles. The van der Waals surface area contributed by atoms with E-state index in [1.807, 2.05) is 31.2 Å². The molecule has 1 saturated heterocycles. The Morgan fingerprint density at radius 3 is 2.55 bits per heavy atom. The van der Waals surface area contributed by atoms with Gasteiger partial charge in [-0.15, -0.1) is 11.3 Å². The van der Waals surface area contributed by atoms with Crippen molar-refractivity contribution in [3.63, 3.8) is 0 Å². The van der Waals surface area contributed by atoms with Crippen LogP contribution >= 0.6 is 22.9 Å². The van der Waals surface area contributed by atoms with Gasteiger partial charge in [-0.25, -0.2) is 8.42 Å². The lowest BCUT2D eigenvalue weighted by Gasteiger charge is -2.32. The topological polar surface area (TPSA) is 66.5 Å². The van der Waals surface area contributed by atoms with Crippen LogP contribution in [0.15, 0.2) is 53.4 Å². The summed E-state index contributed by atoms with van der Waals surface area (Å²) in [6.45, 7) is 2.49. The number of carbonyl (C=O) groups is 1. The van der Waals surface area contributed by atoms with Crippen LogP contribution in [0.4, 0.5) is 5.69 Å². The highest BCUT2D eigenvalue weighted by Gasteiger charge is 2.30. The van der Waals surface area contributed by atoms with Gasteiger partial charge in [0.25, 0.3) is 5.91 Å². The van der Waals surface area contributed by atoms with Gasteiger partial charge in [-0.05, 0) is 50.1 Å². The predicted molar refractivity (Wildman–Crippen MR) is 118 cm³/mol. The lowest BCUT2D eigenvalue weighted by atomic mass is 10.1. The number of halogens is 1. The molecule has 0 bridgehead atoms. The van der Waals surface area contributed by atoms with Gasteiger partial charge < -0.3 is 5.32 Å². The number of fused-ring (bicyclic) bond motifs is 1. The Labute approximate surface area is 179 Å². The first-order valence-electron chi connectivity index (χ1n) is 9.48. The first kappa shape index (κ1) is 20.3. The van der Waals surface area contributed by atoms with Crippen LogP contribution in [0.25, 0.3) is 10.1 Å². The van der Waals surface area contributed by atoms with Gasteiger partial charge in [0.1, 0.15) is 4.88 Å². The van der Waals surface area contributed by atoms with Crippen LogP contribution in [0.5, 0.6) is 0 Å². The quantitative estimate of drug-likeness (QED) is 0.583. The summed E-state index contributed by atoms with van der Waals surface area (Å²) in [5.41, 5.74) is 0.522. The number of sulfonamides is 1. The molecule has 0 radical (unpaired) electrons. The summed E-state index contributed by atoms with van der Waals surface area (Å²) in [6.07, 6.45) is 2.81. The second-order valence-electron chi connectivity index (χ2n) is 7.18. The average Bonchev–Trinajstić information content (AvgIpc) is 3.06. The average molecular weight is 449 g/mol. The summed E-state index contributed by atoms with van der Waals surface area (Å²) in [6, 6.07) is 13.9. The van der Waals surface area contributed by atoms with Gasteiger partial charge in [-0.1, -0.05) is 36.2 Å². The van der Waals surface area contributed by atoms with Crippen molar-refractivity contribution in [1.82, 2.24) is 4.31 Å². The Morgan fingerprint density at radius 2 is 1.86 bits per heavy atom. The highest BCUT2D eigenvalue weighted by atomic mass is 35.5. The molecule has 0 saturated carbocycles. The number of thiophene rings is 1. The molecule has 0 spiro atoms. The highest BCUT2D eigenvalue weighted by molar-refractivity contribution is 7.89. The molecule has 1 atom stereocenters. The van der Waals surface area contributed by atoms with E-state index in [4.69, 9.17) is 11.6 Å². The first-order chi connectivity index (χ1) is 13.9. The monoisotopic (exact) mass is 448 g/mol. The van der Waals surface area contributed by atoms with Gasteiger partial charge in [0, 0.05) is 28.4 Å². The molecule has 0 unspecified atom stereocenters. The molecule has 8 heteroatoms. The number of benzene rings is 2. The molecule has 152 valence electrons.